The van der Waals surface area contributed by atoms with Crippen molar-refractivity contribution in [1.82, 2.24) is 0 Å². The molecule has 0 unspecified atom stereocenters. The smallest absolute Gasteiger partial charge is 0.144 e. The second kappa shape index (κ2) is 3.43. The number of halogens is 1. The van der Waals surface area contributed by atoms with E-state index in [-0.39, 0.29) is 5.82 Å². The molecule has 1 rings (SSSR count). The molecule has 0 spiro atoms. The lowest BCUT2D eigenvalue weighted by molar-refractivity contribution is 0.413. The SMILES string of the molecule is CCc1cc(N)c(OC)cc1F. The molecule has 1 aromatic carbocycles. The molecular formula is C9H12FNO. The van der Waals surface area contributed by atoms with E-state index in [9.17, 15) is 4.39 Å². The number of ether oxygens (including phenoxy) is 1. The number of hydrogen-bond donors (Lipinski definition) is 1. The van der Waals surface area contributed by atoms with E-state index in [1.54, 1.807) is 6.07 Å². The molecule has 0 aliphatic carbocycles. The second-order valence-corrected chi connectivity index (χ2v) is 2.54. The first-order chi connectivity index (χ1) is 5.69. The van der Waals surface area contributed by atoms with Gasteiger partial charge in [-0.3, -0.25) is 0 Å². The van der Waals surface area contributed by atoms with Crippen LogP contribution in [0, 0.1) is 5.82 Å². The maximum Gasteiger partial charge on any atom is 0.144 e. The highest BCUT2D eigenvalue weighted by molar-refractivity contribution is 5.54. The van der Waals surface area contributed by atoms with E-state index < -0.39 is 0 Å². The van der Waals surface area contributed by atoms with E-state index in [1.807, 2.05) is 6.92 Å². The van der Waals surface area contributed by atoms with Gasteiger partial charge in [-0.15, -0.1) is 0 Å². The zero-order chi connectivity index (χ0) is 9.14. The third-order valence-corrected chi connectivity index (χ3v) is 1.78. The highest BCUT2D eigenvalue weighted by Crippen LogP contribution is 2.24. The van der Waals surface area contributed by atoms with Crippen LogP contribution in [0.5, 0.6) is 5.75 Å². The highest BCUT2D eigenvalue weighted by atomic mass is 19.1. The van der Waals surface area contributed by atoms with E-state index >= 15 is 0 Å². The quantitative estimate of drug-likeness (QED) is 0.687. The molecule has 0 aromatic heterocycles. The maximum atomic E-state index is 13.1. The van der Waals surface area contributed by atoms with Crippen LogP contribution in [-0.4, -0.2) is 7.11 Å². The van der Waals surface area contributed by atoms with Crippen LogP contribution >= 0.6 is 0 Å². The molecule has 0 atom stereocenters. The minimum absolute atomic E-state index is 0.261. The van der Waals surface area contributed by atoms with Crippen LogP contribution in [0.1, 0.15) is 12.5 Å². The van der Waals surface area contributed by atoms with Crippen LogP contribution in [-0.2, 0) is 6.42 Å². The average molecular weight is 169 g/mol. The van der Waals surface area contributed by atoms with Crippen LogP contribution in [0.2, 0.25) is 0 Å². The minimum Gasteiger partial charge on any atom is -0.494 e. The lowest BCUT2D eigenvalue weighted by atomic mass is 10.1. The number of nitrogens with two attached hydrogens (primary N) is 1. The van der Waals surface area contributed by atoms with E-state index in [0.29, 0.717) is 23.4 Å². The summed E-state index contributed by atoms with van der Waals surface area (Å²) in [6.45, 7) is 1.88. The zero-order valence-corrected chi connectivity index (χ0v) is 7.23. The van der Waals surface area contributed by atoms with Crippen molar-refractivity contribution in [1.29, 1.82) is 0 Å². The Morgan fingerprint density at radius 2 is 2.17 bits per heavy atom. The van der Waals surface area contributed by atoms with Gasteiger partial charge in [-0.2, -0.15) is 0 Å². The summed E-state index contributed by atoms with van der Waals surface area (Å²) in [4.78, 5) is 0. The number of rotatable bonds is 2. The Balaban J connectivity index is 3.16. The summed E-state index contributed by atoms with van der Waals surface area (Å²) >= 11 is 0. The number of anilines is 1. The van der Waals surface area contributed by atoms with Crippen molar-refractivity contribution in [3.8, 4) is 5.75 Å². The van der Waals surface area contributed by atoms with Crippen LogP contribution in [0.3, 0.4) is 0 Å². The third kappa shape index (κ3) is 1.49. The van der Waals surface area contributed by atoms with Gasteiger partial charge in [-0.1, -0.05) is 6.92 Å². The number of hydrogen-bond acceptors (Lipinski definition) is 2. The summed E-state index contributed by atoms with van der Waals surface area (Å²) in [7, 11) is 1.47. The molecular weight excluding hydrogens is 157 g/mol. The van der Waals surface area contributed by atoms with Gasteiger partial charge in [0.05, 0.1) is 12.8 Å². The fourth-order valence-electron chi connectivity index (χ4n) is 1.07. The fourth-order valence-corrected chi connectivity index (χ4v) is 1.07. The normalized spacial score (nSPS) is 9.92. The lowest BCUT2D eigenvalue weighted by Crippen LogP contribution is -1.96. The van der Waals surface area contributed by atoms with Crippen molar-refractivity contribution in [2.75, 3.05) is 12.8 Å². The van der Waals surface area contributed by atoms with Crippen molar-refractivity contribution in [2.24, 2.45) is 0 Å². The summed E-state index contributed by atoms with van der Waals surface area (Å²) in [5, 5.41) is 0. The molecule has 3 heteroatoms. The van der Waals surface area contributed by atoms with Crippen molar-refractivity contribution < 1.29 is 9.13 Å². The number of benzene rings is 1. The molecule has 12 heavy (non-hydrogen) atoms. The van der Waals surface area contributed by atoms with E-state index in [2.05, 4.69) is 0 Å². The minimum atomic E-state index is -0.261. The molecule has 0 amide bonds. The van der Waals surface area contributed by atoms with Crippen molar-refractivity contribution in [3.05, 3.63) is 23.5 Å². The molecule has 66 valence electrons. The van der Waals surface area contributed by atoms with E-state index in [0.717, 1.165) is 0 Å². The summed E-state index contributed by atoms with van der Waals surface area (Å²) in [5.74, 6) is 0.133. The van der Waals surface area contributed by atoms with Crippen LogP contribution in [0.25, 0.3) is 0 Å². The largest absolute Gasteiger partial charge is 0.494 e. The first-order valence-corrected chi connectivity index (χ1v) is 3.81. The Morgan fingerprint density at radius 1 is 1.50 bits per heavy atom. The summed E-state index contributed by atoms with van der Waals surface area (Å²) < 4.78 is 17.9. The molecule has 0 saturated carbocycles. The molecule has 2 N–H and O–H groups in total. The van der Waals surface area contributed by atoms with Gasteiger partial charge in [0.15, 0.2) is 0 Å². The second-order valence-electron chi connectivity index (χ2n) is 2.54. The van der Waals surface area contributed by atoms with Gasteiger partial charge in [0.2, 0.25) is 0 Å². The molecule has 2 nitrogen and oxygen atoms in total. The first-order valence-electron chi connectivity index (χ1n) is 3.81. The van der Waals surface area contributed by atoms with Crippen LogP contribution in [0.4, 0.5) is 10.1 Å². The Morgan fingerprint density at radius 3 is 2.67 bits per heavy atom. The topological polar surface area (TPSA) is 35.2 Å². The zero-order valence-electron chi connectivity index (χ0n) is 7.23. The Kier molecular flexibility index (Phi) is 2.53. The molecule has 0 radical (unpaired) electrons. The van der Waals surface area contributed by atoms with E-state index in [4.69, 9.17) is 10.5 Å². The Hall–Kier alpha value is -1.25. The van der Waals surface area contributed by atoms with Crippen LogP contribution in [0.15, 0.2) is 12.1 Å². The van der Waals surface area contributed by atoms with Crippen molar-refractivity contribution >= 4 is 5.69 Å². The maximum absolute atomic E-state index is 13.1. The lowest BCUT2D eigenvalue weighted by Gasteiger charge is -2.06. The third-order valence-electron chi connectivity index (χ3n) is 1.78. The van der Waals surface area contributed by atoms with Crippen LogP contribution < -0.4 is 10.5 Å². The number of nitrogen functional groups attached to an aromatic ring is 1. The fraction of sp³-hybridized carbons (Fsp3) is 0.333. The van der Waals surface area contributed by atoms with Crippen molar-refractivity contribution in [2.45, 2.75) is 13.3 Å². The molecule has 0 saturated heterocycles. The summed E-state index contributed by atoms with van der Waals surface area (Å²) in [5.41, 5.74) is 6.69. The number of aryl methyl sites for hydroxylation is 1. The summed E-state index contributed by atoms with van der Waals surface area (Å²) in [6, 6.07) is 2.92. The highest BCUT2D eigenvalue weighted by Gasteiger charge is 2.05. The molecule has 1 aromatic rings. The molecule has 0 aliphatic heterocycles. The Labute approximate surface area is 71.1 Å². The van der Waals surface area contributed by atoms with E-state index in [1.165, 1.54) is 13.2 Å². The predicted octanol–water partition coefficient (Wildman–Crippen LogP) is 1.98. The molecule has 0 aliphatic rings. The first kappa shape index (κ1) is 8.84. The number of methoxy groups -OCH3 is 1. The van der Waals surface area contributed by atoms with Gasteiger partial charge < -0.3 is 10.5 Å². The van der Waals surface area contributed by atoms with Crippen molar-refractivity contribution in [3.63, 3.8) is 0 Å². The average Bonchev–Trinajstić information content (AvgIpc) is 2.08. The van der Waals surface area contributed by atoms with Gasteiger partial charge >= 0.3 is 0 Å². The predicted molar refractivity (Wildman–Crippen MR) is 46.7 cm³/mol. The van der Waals surface area contributed by atoms with Gasteiger partial charge in [-0.05, 0) is 18.1 Å². The van der Waals surface area contributed by atoms with Gasteiger partial charge in [0.25, 0.3) is 0 Å². The molecule has 0 heterocycles. The molecule has 0 bridgehead atoms. The summed E-state index contributed by atoms with van der Waals surface area (Å²) in [6.07, 6.45) is 0.639. The van der Waals surface area contributed by atoms with Gasteiger partial charge in [0.1, 0.15) is 11.6 Å². The standard InChI is InChI=1S/C9H12FNO/c1-3-6-4-8(11)9(12-2)5-7(6)10/h4-5H,3,11H2,1-2H3. The Bertz CT molecular complexity index is 256. The molecule has 0 fully saturated rings. The van der Waals surface area contributed by atoms with Gasteiger partial charge in [0, 0.05) is 6.07 Å². The monoisotopic (exact) mass is 169 g/mol. The van der Waals surface area contributed by atoms with Gasteiger partial charge in [-0.25, -0.2) is 4.39 Å².